The Kier molecular flexibility index (Phi) is 3.26. The summed E-state index contributed by atoms with van der Waals surface area (Å²) in [7, 11) is 0. The quantitative estimate of drug-likeness (QED) is 0.825. The second-order valence-electron chi connectivity index (χ2n) is 3.04. The number of nitrogen functional groups attached to an aromatic ring is 1. The maximum absolute atomic E-state index is 5.70. The number of rotatable bonds is 3. The van der Waals surface area contributed by atoms with Crippen molar-refractivity contribution in [3.8, 4) is 11.6 Å². The maximum atomic E-state index is 5.70. The van der Waals surface area contributed by atoms with E-state index in [9.17, 15) is 0 Å². The number of ether oxygens (including phenoxy) is 1. The lowest BCUT2D eigenvalue weighted by molar-refractivity contribution is 0.453. The van der Waals surface area contributed by atoms with Crippen LogP contribution < -0.4 is 10.5 Å². The Bertz CT molecular complexity index is 490. The van der Waals surface area contributed by atoms with E-state index in [1.807, 2.05) is 30.5 Å². The molecule has 2 aromatic rings. The second kappa shape index (κ2) is 4.85. The first-order valence-electron chi connectivity index (χ1n) is 4.67. The van der Waals surface area contributed by atoms with Crippen LogP contribution >= 0.6 is 11.8 Å². The Balaban J connectivity index is 2.30. The molecule has 0 saturated heterocycles. The van der Waals surface area contributed by atoms with Gasteiger partial charge in [-0.15, -0.1) is 11.8 Å². The maximum Gasteiger partial charge on any atom is 0.245 e. The molecule has 4 nitrogen and oxygen atoms in total. The van der Waals surface area contributed by atoms with E-state index < -0.39 is 0 Å². The molecule has 0 aliphatic carbocycles. The summed E-state index contributed by atoms with van der Waals surface area (Å²) in [5.74, 6) is 1.14. The number of benzene rings is 1. The zero-order chi connectivity index (χ0) is 11.4. The van der Waals surface area contributed by atoms with Crippen molar-refractivity contribution in [3.63, 3.8) is 0 Å². The van der Waals surface area contributed by atoms with Crippen LogP contribution in [0.5, 0.6) is 11.6 Å². The summed E-state index contributed by atoms with van der Waals surface area (Å²) < 4.78 is 5.63. The molecule has 0 atom stereocenters. The molecule has 2 N–H and O–H groups in total. The van der Waals surface area contributed by atoms with Gasteiger partial charge in [-0.3, -0.25) is 0 Å². The normalized spacial score (nSPS) is 10.1. The van der Waals surface area contributed by atoms with Gasteiger partial charge in [-0.1, -0.05) is 12.1 Å². The molecule has 1 heterocycles. The number of hydrogen-bond donors (Lipinski definition) is 1. The minimum atomic E-state index is 0.386. The van der Waals surface area contributed by atoms with Gasteiger partial charge in [-0.25, -0.2) is 4.98 Å². The van der Waals surface area contributed by atoms with Crippen molar-refractivity contribution in [1.82, 2.24) is 9.97 Å². The van der Waals surface area contributed by atoms with Gasteiger partial charge in [0.1, 0.15) is 17.8 Å². The molecular weight excluding hydrogens is 222 g/mol. The van der Waals surface area contributed by atoms with Crippen LogP contribution in [-0.2, 0) is 0 Å². The summed E-state index contributed by atoms with van der Waals surface area (Å²) in [6, 6.07) is 7.74. The number of thioether (sulfide) groups is 1. The monoisotopic (exact) mass is 233 g/mol. The lowest BCUT2D eigenvalue weighted by Gasteiger charge is -2.09. The molecule has 1 aromatic heterocycles. The highest BCUT2D eigenvalue weighted by Gasteiger charge is 2.06. The van der Waals surface area contributed by atoms with Crippen molar-refractivity contribution in [2.45, 2.75) is 4.90 Å². The van der Waals surface area contributed by atoms with Gasteiger partial charge in [-0.2, -0.15) is 4.98 Å². The number of para-hydroxylation sites is 1. The average Bonchev–Trinajstić information content (AvgIpc) is 2.33. The van der Waals surface area contributed by atoms with Crippen LogP contribution in [0.2, 0.25) is 0 Å². The fourth-order valence-electron chi connectivity index (χ4n) is 1.22. The van der Waals surface area contributed by atoms with Gasteiger partial charge >= 0.3 is 0 Å². The summed E-state index contributed by atoms with van der Waals surface area (Å²) in [6.45, 7) is 0. The van der Waals surface area contributed by atoms with E-state index in [4.69, 9.17) is 10.5 Å². The Morgan fingerprint density at radius 1 is 1.31 bits per heavy atom. The van der Waals surface area contributed by atoms with Crippen molar-refractivity contribution >= 4 is 17.4 Å². The first-order valence-corrected chi connectivity index (χ1v) is 5.90. The van der Waals surface area contributed by atoms with Gasteiger partial charge in [-0.05, 0) is 18.4 Å². The van der Waals surface area contributed by atoms with Gasteiger partial charge in [0.05, 0.1) is 6.20 Å². The standard InChI is InChI=1S/C11H11N3OS/c1-16-10-5-3-2-4-9(10)15-11-8(12)6-13-7-14-11/h2-7H,12H2,1H3. The highest BCUT2D eigenvalue weighted by atomic mass is 32.2. The van der Waals surface area contributed by atoms with Gasteiger partial charge in [0.15, 0.2) is 0 Å². The molecule has 16 heavy (non-hydrogen) atoms. The zero-order valence-corrected chi connectivity index (χ0v) is 9.57. The minimum absolute atomic E-state index is 0.386. The first-order chi connectivity index (χ1) is 7.81. The minimum Gasteiger partial charge on any atom is -0.436 e. The molecule has 0 fully saturated rings. The Morgan fingerprint density at radius 3 is 2.88 bits per heavy atom. The Hall–Kier alpha value is -1.75. The van der Waals surface area contributed by atoms with Crippen molar-refractivity contribution in [2.24, 2.45) is 0 Å². The number of hydrogen-bond acceptors (Lipinski definition) is 5. The fraction of sp³-hybridized carbons (Fsp3) is 0.0909. The molecule has 0 unspecified atom stereocenters. The van der Waals surface area contributed by atoms with Gasteiger partial charge in [0, 0.05) is 4.90 Å². The van der Waals surface area contributed by atoms with Gasteiger partial charge < -0.3 is 10.5 Å². The Morgan fingerprint density at radius 2 is 2.12 bits per heavy atom. The van der Waals surface area contributed by atoms with Crippen LogP contribution in [0.1, 0.15) is 0 Å². The van der Waals surface area contributed by atoms with Crippen molar-refractivity contribution in [3.05, 3.63) is 36.8 Å². The third-order valence-electron chi connectivity index (χ3n) is 1.98. The molecule has 0 amide bonds. The lowest BCUT2D eigenvalue weighted by Crippen LogP contribution is -1.96. The summed E-state index contributed by atoms with van der Waals surface area (Å²) >= 11 is 1.61. The number of anilines is 1. The molecular formula is C11H11N3OS. The summed E-state index contributed by atoms with van der Waals surface area (Å²) in [4.78, 5) is 8.83. The van der Waals surface area contributed by atoms with E-state index in [0.717, 1.165) is 10.6 Å². The largest absolute Gasteiger partial charge is 0.436 e. The molecule has 0 radical (unpaired) electrons. The number of nitrogens with zero attached hydrogens (tertiary/aromatic N) is 2. The number of nitrogens with two attached hydrogens (primary N) is 1. The van der Waals surface area contributed by atoms with Crippen LogP contribution in [0.15, 0.2) is 41.7 Å². The summed E-state index contributed by atoms with van der Waals surface area (Å²) in [5.41, 5.74) is 6.13. The van der Waals surface area contributed by atoms with E-state index in [-0.39, 0.29) is 0 Å². The van der Waals surface area contributed by atoms with Crippen molar-refractivity contribution < 1.29 is 4.74 Å². The molecule has 0 spiro atoms. The van der Waals surface area contributed by atoms with E-state index in [1.54, 1.807) is 11.8 Å². The van der Waals surface area contributed by atoms with E-state index in [0.29, 0.717) is 11.6 Å². The average molecular weight is 233 g/mol. The molecule has 0 saturated carbocycles. The lowest BCUT2D eigenvalue weighted by atomic mass is 10.3. The third-order valence-corrected chi connectivity index (χ3v) is 2.76. The predicted octanol–water partition coefficient (Wildman–Crippen LogP) is 2.57. The molecule has 0 bridgehead atoms. The molecule has 5 heteroatoms. The Labute approximate surface area is 97.9 Å². The number of aromatic nitrogens is 2. The van der Waals surface area contributed by atoms with E-state index in [1.165, 1.54) is 12.5 Å². The highest BCUT2D eigenvalue weighted by molar-refractivity contribution is 7.98. The van der Waals surface area contributed by atoms with Crippen LogP contribution in [0.25, 0.3) is 0 Å². The van der Waals surface area contributed by atoms with Crippen LogP contribution in [-0.4, -0.2) is 16.2 Å². The fourth-order valence-corrected chi connectivity index (χ4v) is 1.75. The highest BCUT2D eigenvalue weighted by Crippen LogP contribution is 2.31. The van der Waals surface area contributed by atoms with Crippen molar-refractivity contribution in [1.29, 1.82) is 0 Å². The topological polar surface area (TPSA) is 61.0 Å². The molecule has 0 aliphatic heterocycles. The second-order valence-corrected chi connectivity index (χ2v) is 3.88. The third kappa shape index (κ3) is 2.25. The van der Waals surface area contributed by atoms with E-state index >= 15 is 0 Å². The summed E-state index contributed by atoms with van der Waals surface area (Å²) in [6.07, 6.45) is 4.92. The SMILES string of the molecule is CSc1ccccc1Oc1ncncc1N. The molecule has 82 valence electrons. The van der Waals surface area contributed by atoms with Crippen LogP contribution in [0.3, 0.4) is 0 Å². The van der Waals surface area contributed by atoms with Crippen LogP contribution in [0, 0.1) is 0 Å². The first kappa shape index (κ1) is 10.8. The molecule has 0 aliphatic rings. The van der Waals surface area contributed by atoms with Crippen LogP contribution in [0.4, 0.5) is 5.69 Å². The molecule has 1 aromatic carbocycles. The van der Waals surface area contributed by atoms with Crippen molar-refractivity contribution in [2.75, 3.05) is 12.0 Å². The molecule has 2 rings (SSSR count). The van der Waals surface area contributed by atoms with E-state index in [2.05, 4.69) is 9.97 Å². The van der Waals surface area contributed by atoms with Gasteiger partial charge in [0.25, 0.3) is 0 Å². The predicted molar refractivity (Wildman–Crippen MR) is 64.7 cm³/mol. The van der Waals surface area contributed by atoms with Gasteiger partial charge in [0.2, 0.25) is 5.88 Å². The summed E-state index contributed by atoms with van der Waals surface area (Å²) in [5, 5.41) is 0. The smallest absolute Gasteiger partial charge is 0.245 e. The zero-order valence-electron chi connectivity index (χ0n) is 8.75.